The van der Waals surface area contributed by atoms with Gasteiger partial charge in [-0.2, -0.15) is 0 Å². The molecule has 2 aromatic rings. The van der Waals surface area contributed by atoms with E-state index in [9.17, 15) is 0 Å². The summed E-state index contributed by atoms with van der Waals surface area (Å²) in [5.41, 5.74) is 2.73. The number of benzene rings is 1. The first-order chi connectivity index (χ1) is 9.83. The van der Waals surface area contributed by atoms with E-state index in [-0.39, 0.29) is 0 Å². The molecule has 0 unspecified atom stereocenters. The Hall–Kier alpha value is -1.10. The molecule has 1 N–H and O–H groups in total. The highest BCUT2D eigenvalue weighted by Gasteiger charge is 2.06. The second-order valence-corrected chi connectivity index (χ2v) is 6.54. The molecule has 1 aliphatic rings. The maximum Gasteiger partial charge on any atom is 0.124 e. The molecular weight excluding hydrogens is 334 g/mol. The molecule has 2 nitrogen and oxygen atoms in total. The Labute approximate surface area is 131 Å². The lowest BCUT2D eigenvalue weighted by Crippen LogP contribution is -2.19. The van der Waals surface area contributed by atoms with Crippen LogP contribution in [0.5, 0.6) is 5.75 Å². The van der Waals surface area contributed by atoms with Gasteiger partial charge in [0.2, 0.25) is 0 Å². The van der Waals surface area contributed by atoms with Gasteiger partial charge in [0.25, 0.3) is 0 Å². The number of halogens is 1. The summed E-state index contributed by atoms with van der Waals surface area (Å²) in [6.07, 6.45) is 3.37. The highest BCUT2D eigenvalue weighted by molar-refractivity contribution is 9.10. The third-order valence-electron chi connectivity index (χ3n) is 3.35. The lowest BCUT2D eigenvalue weighted by Gasteiger charge is -2.14. The van der Waals surface area contributed by atoms with Gasteiger partial charge in [-0.15, -0.1) is 11.3 Å². The molecule has 0 spiro atoms. The average Bonchev–Trinajstić information content (AvgIpc) is 2.92. The Kier molecular flexibility index (Phi) is 4.55. The second kappa shape index (κ2) is 6.57. The molecule has 0 bridgehead atoms. The molecule has 0 radical (unpaired) electrons. The summed E-state index contributed by atoms with van der Waals surface area (Å²) in [6.45, 7) is 2.65. The molecule has 1 aromatic carbocycles. The Morgan fingerprint density at radius 3 is 2.70 bits per heavy atom. The fourth-order valence-electron chi connectivity index (χ4n) is 2.23. The molecule has 20 heavy (non-hydrogen) atoms. The van der Waals surface area contributed by atoms with Crippen LogP contribution >= 0.6 is 27.3 Å². The topological polar surface area (TPSA) is 21.3 Å². The molecule has 0 aliphatic carbocycles. The van der Waals surface area contributed by atoms with Crippen LogP contribution in [-0.2, 0) is 6.61 Å². The summed E-state index contributed by atoms with van der Waals surface area (Å²) in [4.78, 5) is 1.22. The Bertz CT molecular complexity index is 603. The van der Waals surface area contributed by atoms with Crippen molar-refractivity contribution in [2.24, 2.45) is 0 Å². The van der Waals surface area contributed by atoms with Gasteiger partial charge in [-0.3, -0.25) is 0 Å². The van der Waals surface area contributed by atoms with Crippen LogP contribution in [0.15, 0.2) is 46.3 Å². The van der Waals surface area contributed by atoms with Crippen LogP contribution in [0.2, 0.25) is 0 Å². The van der Waals surface area contributed by atoms with Crippen molar-refractivity contribution in [1.82, 2.24) is 5.32 Å². The Balaban J connectivity index is 1.64. The number of thiophene rings is 1. The van der Waals surface area contributed by atoms with E-state index in [1.54, 1.807) is 11.3 Å². The van der Waals surface area contributed by atoms with Crippen LogP contribution in [0.1, 0.15) is 16.9 Å². The highest BCUT2D eigenvalue weighted by Crippen LogP contribution is 2.26. The fraction of sp³-hybridized carbons (Fsp3) is 0.250. The van der Waals surface area contributed by atoms with Crippen molar-refractivity contribution in [3.05, 3.63) is 56.7 Å². The zero-order valence-electron chi connectivity index (χ0n) is 11.1. The molecule has 0 amide bonds. The van der Waals surface area contributed by atoms with Gasteiger partial charge in [0, 0.05) is 11.0 Å². The van der Waals surface area contributed by atoms with E-state index >= 15 is 0 Å². The van der Waals surface area contributed by atoms with Crippen molar-refractivity contribution in [3.8, 4) is 5.75 Å². The van der Waals surface area contributed by atoms with Gasteiger partial charge in [-0.05, 0) is 63.6 Å². The SMILES string of the molecule is Brc1ccsc1COc1ccc(C2=CCNCC2)cc1. The van der Waals surface area contributed by atoms with Crippen LogP contribution in [0.3, 0.4) is 0 Å². The lowest BCUT2D eigenvalue weighted by atomic mass is 10.0. The highest BCUT2D eigenvalue weighted by atomic mass is 79.9. The van der Waals surface area contributed by atoms with Gasteiger partial charge < -0.3 is 10.1 Å². The van der Waals surface area contributed by atoms with Gasteiger partial charge in [0.1, 0.15) is 12.4 Å². The number of hydrogen-bond donors (Lipinski definition) is 1. The summed E-state index contributed by atoms with van der Waals surface area (Å²) in [5.74, 6) is 0.920. The molecule has 104 valence electrons. The van der Waals surface area contributed by atoms with Crippen LogP contribution < -0.4 is 10.1 Å². The molecule has 3 rings (SSSR count). The number of ether oxygens (including phenoxy) is 1. The zero-order chi connectivity index (χ0) is 13.8. The largest absolute Gasteiger partial charge is 0.488 e. The summed E-state index contributed by atoms with van der Waals surface area (Å²) >= 11 is 5.23. The minimum atomic E-state index is 0.615. The maximum atomic E-state index is 5.82. The summed E-state index contributed by atoms with van der Waals surface area (Å²) < 4.78 is 6.95. The van der Waals surface area contributed by atoms with E-state index in [1.165, 1.54) is 16.0 Å². The minimum Gasteiger partial charge on any atom is -0.488 e. The van der Waals surface area contributed by atoms with E-state index < -0.39 is 0 Å². The number of nitrogens with one attached hydrogen (secondary N) is 1. The van der Waals surface area contributed by atoms with Crippen LogP contribution in [0.4, 0.5) is 0 Å². The van der Waals surface area contributed by atoms with Gasteiger partial charge in [-0.1, -0.05) is 18.2 Å². The summed E-state index contributed by atoms with van der Waals surface area (Å²) in [7, 11) is 0. The van der Waals surface area contributed by atoms with Crippen molar-refractivity contribution in [2.75, 3.05) is 13.1 Å². The molecule has 0 atom stereocenters. The van der Waals surface area contributed by atoms with Crippen LogP contribution in [0, 0.1) is 0 Å². The maximum absolute atomic E-state index is 5.82. The normalized spacial score (nSPS) is 14.9. The average molecular weight is 350 g/mol. The van der Waals surface area contributed by atoms with E-state index in [4.69, 9.17) is 4.74 Å². The summed E-state index contributed by atoms with van der Waals surface area (Å²) in [5, 5.41) is 5.40. The first-order valence-corrected chi connectivity index (χ1v) is 8.35. The molecule has 1 aliphatic heterocycles. The van der Waals surface area contributed by atoms with Crippen molar-refractivity contribution in [1.29, 1.82) is 0 Å². The molecular formula is C16H16BrNOS. The smallest absolute Gasteiger partial charge is 0.124 e. The van der Waals surface area contributed by atoms with Crippen molar-refractivity contribution in [2.45, 2.75) is 13.0 Å². The van der Waals surface area contributed by atoms with E-state index in [0.29, 0.717) is 6.61 Å². The molecule has 4 heteroatoms. The zero-order valence-corrected chi connectivity index (χ0v) is 13.5. The first kappa shape index (κ1) is 13.9. The summed E-state index contributed by atoms with van der Waals surface area (Å²) in [6, 6.07) is 10.5. The molecule has 0 saturated heterocycles. The third-order valence-corrected chi connectivity index (χ3v) is 5.25. The van der Waals surface area contributed by atoms with Crippen LogP contribution in [0.25, 0.3) is 5.57 Å². The third kappa shape index (κ3) is 3.32. The van der Waals surface area contributed by atoms with Crippen LogP contribution in [-0.4, -0.2) is 13.1 Å². The molecule has 0 saturated carbocycles. The monoisotopic (exact) mass is 349 g/mol. The fourth-order valence-corrected chi connectivity index (χ4v) is 3.60. The Morgan fingerprint density at radius 2 is 2.05 bits per heavy atom. The molecule has 2 heterocycles. The minimum absolute atomic E-state index is 0.615. The first-order valence-electron chi connectivity index (χ1n) is 6.68. The number of hydrogen-bond acceptors (Lipinski definition) is 3. The van der Waals surface area contributed by atoms with Gasteiger partial charge >= 0.3 is 0 Å². The predicted molar refractivity (Wildman–Crippen MR) is 88.3 cm³/mol. The van der Waals surface area contributed by atoms with Crippen molar-refractivity contribution < 1.29 is 4.74 Å². The standard InChI is InChI=1S/C16H16BrNOS/c17-15-7-10-20-16(15)11-19-14-3-1-12(2-4-14)13-5-8-18-9-6-13/h1-5,7,10,18H,6,8-9,11H2. The molecule has 1 aromatic heterocycles. The van der Waals surface area contributed by atoms with E-state index in [1.807, 2.05) is 0 Å². The van der Waals surface area contributed by atoms with Gasteiger partial charge in [0.15, 0.2) is 0 Å². The number of rotatable bonds is 4. The van der Waals surface area contributed by atoms with Crippen molar-refractivity contribution in [3.63, 3.8) is 0 Å². The molecule has 0 fully saturated rings. The Morgan fingerprint density at radius 1 is 1.20 bits per heavy atom. The van der Waals surface area contributed by atoms with Crippen molar-refractivity contribution >= 4 is 32.8 Å². The van der Waals surface area contributed by atoms with Gasteiger partial charge in [0.05, 0.1) is 4.88 Å². The van der Waals surface area contributed by atoms with E-state index in [2.05, 4.69) is 63.0 Å². The van der Waals surface area contributed by atoms with Gasteiger partial charge in [-0.25, -0.2) is 0 Å². The van der Waals surface area contributed by atoms with E-state index in [0.717, 1.165) is 29.7 Å². The lowest BCUT2D eigenvalue weighted by molar-refractivity contribution is 0.309. The predicted octanol–water partition coefficient (Wildman–Crippen LogP) is 4.47. The second-order valence-electron chi connectivity index (χ2n) is 4.69. The quantitative estimate of drug-likeness (QED) is 0.879.